The summed E-state index contributed by atoms with van der Waals surface area (Å²) in [6.07, 6.45) is 0. The number of hydrogen-bond donors (Lipinski definition) is 1. The number of benzene rings is 3. The number of halogens is 2. The Labute approximate surface area is 160 Å². The van der Waals surface area contributed by atoms with Crippen molar-refractivity contribution in [2.24, 2.45) is 0 Å². The van der Waals surface area contributed by atoms with Crippen LogP contribution >= 0.6 is 23.2 Å². The van der Waals surface area contributed by atoms with Crippen LogP contribution in [-0.4, -0.2) is 4.98 Å². The summed E-state index contributed by atoms with van der Waals surface area (Å²) >= 11 is 12.6. The Kier molecular flexibility index (Phi) is 3.56. The molecular formula is C22H13Cl2NO. The van der Waals surface area contributed by atoms with Gasteiger partial charge in [0.15, 0.2) is 5.76 Å². The lowest BCUT2D eigenvalue weighted by molar-refractivity contribution is 0.595. The van der Waals surface area contributed by atoms with E-state index >= 15 is 0 Å². The molecule has 3 aromatic carbocycles. The number of aromatic amines is 1. The van der Waals surface area contributed by atoms with Crippen LogP contribution in [0.3, 0.4) is 0 Å². The molecular weight excluding hydrogens is 365 g/mol. The second-order valence-electron chi connectivity index (χ2n) is 6.19. The molecule has 0 saturated carbocycles. The van der Waals surface area contributed by atoms with Gasteiger partial charge in [-0.25, -0.2) is 0 Å². The first kappa shape index (κ1) is 15.6. The minimum Gasteiger partial charge on any atom is -0.454 e. The zero-order chi connectivity index (χ0) is 17.7. The molecule has 0 aliphatic carbocycles. The van der Waals surface area contributed by atoms with E-state index in [1.54, 1.807) is 12.1 Å². The number of rotatable bonds is 2. The smallest absolute Gasteiger partial charge is 0.151 e. The van der Waals surface area contributed by atoms with Gasteiger partial charge in [0.2, 0.25) is 0 Å². The molecule has 0 amide bonds. The van der Waals surface area contributed by atoms with Crippen LogP contribution in [0.5, 0.6) is 0 Å². The van der Waals surface area contributed by atoms with Gasteiger partial charge < -0.3 is 9.40 Å². The molecule has 126 valence electrons. The van der Waals surface area contributed by atoms with Crippen molar-refractivity contribution in [3.05, 3.63) is 82.8 Å². The molecule has 5 rings (SSSR count). The number of nitrogens with one attached hydrogen (secondary N) is 1. The number of hydrogen-bond acceptors (Lipinski definition) is 1. The fourth-order valence-electron chi connectivity index (χ4n) is 3.37. The van der Waals surface area contributed by atoms with Crippen molar-refractivity contribution in [2.45, 2.75) is 0 Å². The molecule has 4 heteroatoms. The van der Waals surface area contributed by atoms with Gasteiger partial charge in [0, 0.05) is 10.9 Å². The summed E-state index contributed by atoms with van der Waals surface area (Å²) in [5, 5.41) is 4.75. The molecule has 26 heavy (non-hydrogen) atoms. The Bertz CT molecular complexity index is 1250. The van der Waals surface area contributed by atoms with Gasteiger partial charge in [-0.3, -0.25) is 0 Å². The SMILES string of the molecule is Clc1cccc(Cl)c1-c1ccc(-c2cc3c(ccc4ccccc43)[nH]2)o1. The van der Waals surface area contributed by atoms with E-state index in [9.17, 15) is 0 Å². The van der Waals surface area contributed by atoms with E-state index < -0.39 is 0 Å². The van der Waals surface area contributed by atoms with Crippen LogP contribution < -0.4 is 0 Å². The molecule has 0 radical (unpaired) electrons. The maximum atomic E-state index is 6.30. The molecule has 1 N–H and O–H groups in total. The molecule has 2 heterocycles. The third kappa shape index (κ3) is 2.42. The van der Waals surface area contributed by atoms with Crippen LogP contribution in [0, 0.1) is 0 Å². The lowest BCUT2D eigenvalue weighted by atomic mass is 10.1. The third-order valence-electron chi connectivity index (χ3n) is 4.61. The average Bonchev–Trinajstić information content (AvgIpc) is 3.28. The van der Waals surface area contributed by atoms with E-state index in [1.807, 2.05) is 24.3 Å². The van der Waals surface area contributed by atoms with Crippen molar-refractivity contribution in [1.29, 1.82) is 0 Å². The van der Waals surface area contributed by atoms with Crippen molar-refractivity contribution in [3.63, 3.8) is 0 Å². The van der Waals surface area contributed by atoms with Gasteiger partial charge in [-0.2, -0.15) is 0 Å². The summed E-state index contributed by atoms with van der Waals surface area (Å²) < 4.78 is 6.06. The Morgan fingerprint density at radius 3 is 2.31 bits per heavy atom. The van der Waals surface area contributed by atoms with E-state index in [0.29, 0.717) is 21.4 Å². The predicted octanol–water partition coefficient (Wildman–Crippen LogP) is 7.55. The maximum Gasteiger partial charge on any atom is 0.151 e. The minimum atomic E-state index is 0.570. The largest absolute Gasteiger partial charge is 0.454 e. The summed E-state index contributed by atoms with van der Waals surface area (Å²) in [6, 6.07) is 23.9. The van der Waals surface area contributed by atoms with Crippen LogP contribution in [0.25, 0.3) is 44.5 Å². The van der Waals surface area contributed by atoms with Crippen molar-refractivity contribution in [1.82, 2.24) is 4.98 Å². The molecule has 0 atom stereocenters. The highest BCUT2D eigenvalue weighted by Crippen LogP contribution is 2.38. The van der Waals surface area contributed by atoms with Gasteiger partial charge >= 0.3 is 0 Å². The summed E-state index contributed by atoms with van der Waals surface area (Å²) in [4.78, 5) is 3.44. The van der Waals surface area contributed by atoms with Crippen LogP contribution in [0.2, 0.25) is 10.0 Å². The topological polar surface area (TPSA) is 28.9 Å². The van der Waals surface area contributed by atoms with Gasteiger partial charge in [0.05, 0.1) is 21.3 Å². The second-order valence-corrected chi connectivity index (χ2v) is 7.01. The predicted molar refractivity (Wildman–Crippen MR) is 109 cm³/mol. The highest BCUT2D eigenvalue weighted by atomic mass is 35.5. The second kappa shape index (κ2) is 5.94. The first-order valence-electron chi connectivity index (χ1n) is 8.26. The summed E-state index contributed by atoms with van der Waals surface area (Å²) in [5.74, 6) is 1.40. The number of furan rings is 1. The van der Waals surface area contributed by atoms with E-state index in [-0.39, 0.29) is 0 Å². The standard InChI is InChI=1S/C22H13Cl2NO/c23-16-6-3-7-17(24)22(16)21-11-10-20(26-21)19-12-15-14-5-2-1-4-13(14)8-9-18(15)25-19/h1-12,25H. The number of H-pyrrole nitrogens is 1. The van der Waals surface area contributed by atoms with Crippen LogP contribution in [0.1, 0.15) is 0 Å². The quantitative estimate of drug-likeness (QED) is 0.337. The summed E-state index contributed by atoms with van der Waals surface area (Å²) in [7, 11) is 0. The van der Waals surface area contributed by atoms with Crippen LogP contribution in [0.15, 0.2) is 77.2 Å². The van der Waals surface area contributed by atoms with Crippen molar-refractivity contribution in [2.75, 3.05) is 0 Å². The Morgan fingerprint density at radius 1 is 0.692 bits per heavy atom. The molecule has 2 nitrogen and oxygen atoms in total. The molecule has 0 unspecified atom stereocenters. The molecule has 0 saturated heterocycles. The fraction of sp³-hybridized carbons (Fsp3) is 0. The van der Waals surface area contributed by atoms with Crippen molar-refractivity contribution in [3.8, 4) is 22.8 Å². The number of fused-ring (bicyclic) bond motifs is 3. The average molecular weight is 378 g/mol. The van der Waals surface area contributed by atoms with E-state index in [1.165, 1.54) is 16.2 Å². The maximum absolute atomic E-state index is 6.30. The lowest BCUT2D eigenvalue weighted by Crippen LogP contribution is -1.78. The van der Waals surface area contributed by atoms with Gasteiger partial charge in [-0.1, -0.05) is 59.6 Å². The van der Waals surface area contributed by atoms with Crippen LogP contribution in [0.4, 0.5) is 0 Å². The highest BCUT2D eigenvalue weighted by molar-refractivity contribution is 6.39. The minimum absolute atomic E-state index is 0.570. The molecule has 0 spiro atoms. The van der Waals surface area contributed by atoms with Gasteiger partial charge in [0.1, 0.15) is 5.76 Å². The summed E-state index contributed by atoms with van der Waals surface area (Å²) in [6.45, 7) is 0. The Hall–Kier alpha value is -2.68. The van der Waals surface area contributed by atoms with Gasteiger partial charge in [0.25, 0.3) is 0 Å². The monoisotopic (exact) mass is 377 g/mol. The Morgan fingerprint density at radius 2 is 1.46 bits per heavy atom. The van der Waals surface area contributed by atoms with E-state index in [2.05, 4.69) is 41.4 Å². The Balaban J connectivity index is 1.65. The van der Waals surface area contributed by atoms with E-state index in [4.69, 9.17) is 27.6 Å². The normalized spacial score (nSPS) is 11.5. The first-order chi connectivity index (χ1) is 12.7. The van der Waals surface area contributed by atoms with Crippen molar-refractivity contribution >= 4 is 44.9 Å². The zero-order valence-electron chi connectivity index (χ0n) is 13.6. The molecule has 0 fully saturated rings. The highest BCUT2D eigenvalue weighted by Gasteiger charge is 2.15. The molecule has 0 aliphatic rings. The third-order valence-corrected chi connectivity index (χ3v) is 5.24. The van der Waals surface area contributed by atoms with Crippen LogP contribution in [-0.2, 0) is 0 Å². The molecule has 2 aromatic heterocycles. The van der Waals surface area contributed by atoms with Gasteiger partial charge in [-0.15, -0.1) is 0 Å². The molecule has 0 aliphatic heterocycles. The molecule has 0 bridgehead atoms. The van der Waals surface area contributed by atoms with Crippen molar-refractivity contribution < 1.29 is 4.42 Å². The summed E-state index contributed by atoms with van der Waals surface area (Å²) in [5.41, 5.74) is 2.71. The van der Waals surface area contributed by atoms with Gasteiger partial charge in [-0.05, 0) is 47.2 Å². The van der Waals surface area contributed by atoms with E-state index in [0.717, 1.165) is 17.0 Å². The zero-order valence-corrected chi connectivity index (χ0v) is 15.1. The molecule has 5 aromatic rings. The first-order valence-corrected chi connectivity index (χ1v) is 9.01. The number of aromatic nitrogens is 1. The fourth-order valence-corrected chi connectivity index (χ4v) is 3.95. The lowest BCUT2D eigenvalue weighted by Gasteiger charge is -2.03.